The molecule has 21 heavy (non-hydrogen) atoms. The number of benzene rings is 1. The van der Waals surface area contributed by atoms with Gasteiger partial charge in [0.15, 0.2) is 0 Å². The number of hydrogen-bond donors (Lipinski definition) is 1. The molecule has 1 N–H and O–H groups in total. The Bertz CT molecular complexity index is 443. The quantitative estimate of drug-likeness (QED) is 0.800. The van der Waals surface area contributed by atoms with Crippen LogP contribution in [-0.2, 0) is 0 Å². The van der Waals surface area contributed by atoms with Crippen molar-refractivity contribution in [3.8, 4) is 0 Å². The Morgan fingerprint density at radius 2 is 1.86 bits per heavy atom. The number of nitrogens with zero attached hydrogens (tertiary/aromatic N) is 2. The van der Waals surface area contributed by atoms with Crippen LogP contribution in [0.3, 0.4) is 0 Å². The lowest BCUT2D eigenvalue weighted by Gasteiger charge is -2.27. The minimum absolute atomic E-state index is 0.113. The number of likely N-dealkylation sites (N-methyl/N-ethyl adjacent to an activating group) is 1. The highest BCUT2D eigenvalue weighted by Gasteiger charge is 2.19. The number of carbonyl (C=O) groups is 1. The summed E-state index contributed by atoms with van der Waals surface area (Å²) in [6.45, 7) is 9.56. The molecule has 0 aliphatic rings. The van der Waals surface area contributed by atoms with Gasteiger partial charge in [0.1, 0.15) is 0 Å². The molecule has 0 aromatic heterocycles. The van der Waals surface area contributed by atoms with Crippen LogP contribution in [-0.4, -0.2) is 56.0 Å². The second-order valence-electron chi connectivity index (χ2n) is 6.02. The maximum absolute atomic E-state index is 12.9. The number of anilines is 1. The Morgan fingerprint density at radius 1 is 1.19 bits per heavy atom. The van der Waals surface area contributed by atoms with Crippen molar-refractivity contribution in [1.29, 1.82) is 0 Å². The van der Waals surface area contributed by atoms with Crippen LogP contribution in [0.15, 0.2) is 24.3 Å². The van der Waals surface area contributed by atoms with Gasteiger partial charge in [0.05, 0.1) is 5.56 Å². The molecular weight excluding hydrogens is 262 g/mol. The number of nitrogens with one attached hydrogen (secondary N) is 1. The maximum Gasteiger partial charge on any atom is 0.256 e. The standard InChI is InChI=1S/C17H29N3O/c1-6-18-16-10-8-7-9-15(16)17(21)20(13-14(2)3)12-11-19(4)5/h7-10,14,18H,6,11-13H2,1-5H3. The SMILES string of the molecule is CCNc1ccccc1C(=O)N(CCN(C)C)CC(C)C. The summed E-state index contributed by atoms with van der Waals surface area (Å²) >= 11 is 0. The summed E-state index contributed by atoms with van der Waals surface area (Å²) in [7, 11) is 4.06. The molecule has 1 amide bonds. The minimum atomic E-state index is 0.113. The van der Waals surface area contributed by atoms with Crippen molar-refractivity contribution in [2.24, 2.45) is 5.92 Å². The van der Waals surface area contributed by atoms with E-state index in [4.69, 9.17) is 0 Å². The molecule has 1 rings (SSSR count). The van der Waals surface area contributed by atoms with Gasteiger partial charge in [-0.05, 0) is 39.1 Å². The summed E-state index contributed by atoms with van der Waals surface area (Å²) in [5, 5.41) is 3.27. The van der Waals surface area contributed by atoms with E-state index >= 15 is 0 Å². The fraction of sp³-hybridized carbons (Fsp3) is 0.588. The van der Waals surface area contributed by atoms with Crippen molar-refractivity contribution in [2.75, 3.05) is 45.6 Å². The van der Waals surface area contributed by atoms with E-state index in [1.54, 1.807) is 0 Å². The molecule has 0 saturated heterocycles. The minimum Gasteiger partial charge on any atom is -0.385 e. The lowest BCUT2D eigenvalue weighted by molar-refractivity contribution is 0.0725. The van der Waals surface area contributed by atoms with Gasteiger partial charge in [0, 0.05) is 31.9 Å². The highest BCUT2D eigenvalue weighted by Crippen LogP contribution is 2.18. The zero-order chi connectivity index (χ0) is 15.8. The topological polar surface area (TPSA) is 35.6 Å². The Labute approximate surface area is 129 Å². The average Bonchev–Trinajstić information content (AvgIpc) is 2.43. The van der Waals surface area contributed by atoms with Gasteiger partial charge in [-0.1, -0.05) is 26.0 Å². The molecule has 0 atom stereocenters. The van der Waals surface area contributed by atoms with Gasteiger partial charge in [0.25, 0.3) is 5.91 Å². The van der Waals surface area contributed by atoms with Crippen LogP contribution in [0.1, 0.15) is 31.1 Å². The summed E-state index contributed by atoms with van der Waals surface area (Å²) in [6.07, 6.45) is 0. The number of carbonyl (C=O) groups excluding carboxylic acids is 1. The van der Waals surface area contributed by atoms with Gasteiger partial charge in [-0.15, -0.1) is 0 Å². The normalized spacial score (nSPS) is 11.0. The molecular formula is C17H29N3O. The summed E-state index contributed by atoms with van der Waals surface area (Å²) in [5.74, 6) is 0.574. The number of hydrogen-bond acceptors (Lipinski definition) is 3. The average molecular weight is 291 g/mol. The molecule has 0 bridgehead atoms. The summed E-state index contributed by atoms with van der Waals surface area (Å²) in [6, 6.07) is 7.76. The van der Waals surface area contributed by atoms with E-state index in [0.29, 0.717) is 5.92 Å². The molecule has 118 valence electrons. The van der Waals surface area contributed by atoms with Crippen molar-refractivity contribution in [1.82, 2.24) is 9.80 Å². The number of amides is 1. The highest BCUT2D eigenvalue weighted by atomic mass is 16.2. The van der Waals surface area contributed by atoms with Gasteiger partial charge in [-0.3, -0.25) is 4.79 Å². The van der Waals surface area contributed by atoms with Crippen molar-refractivity contribution >= 4 is 11.6 Å². The first-order valence-electron chi connectivity index (χ1n) is 7.72. The molecule has 1 aromatic carbocycles. The van der Waals surface area contributed by atoms with Gasteiger partial charge in [-0.25, -0.2) is 0 Å². The smallest absolute Gasteiger partial charge is 0.256 e. The summed E-state index contributed by atoms with van der Waals surface area (Å²) in [5.41, 5.74) is 1.68. The Balaban J connectivity index is 2.93. The van der Waals surface area contributed by atoms with Crippen LogP contribution >= 0.6 is 0 Å². The molecule has 0 saturated carbocycles. The Kier molecular flexibility index (Phi) is 7.23. The van der Waals surface area contributed by atoms with Crippen molar-refractivity contribution in [3.63, 3.8) is 0 Å². The van der Waals surface area contributed by atoms with Crippen LogP contribution in [0, 0.1) is 5.92 Å². The van der Waals surface area contributed by atoms with Gasteiger partial charge in [0.2, 0.25) is 0 Å². The summed E-state index contributed by atoms with van der Waals surface area (Å²) < 4.78 is 0. The van der Waals surface area contributed by atoms with E-state index in [0.717, 1.165) is 37.4 Å². The third-order valence-corrected chi connectivity index (χ3v) is 3.21. The third-order valence-electron chi connectivity index (χ3n) is 3.21. The maximum atomic E-state index is 12.9. The van der Waals surface area contributed by atoms with E-state index in [1.165, 1.54) is 0 Å². The lowest BCUT2D eigenvalue weighted by atomic mass is 10.1. The molecule has 0 unspecified atom stereocenters. The van der Waals surface area contributed by atoms with Crippen molar-refractivity contribution < 1.29 is 4.79 Å². The monoisotopic (exact) mass is 291 g/mol. The summed E-state index contributed by atoms with van der Waals surface area (Å²) in [4.78, 5) is 16.9. The number of rotatable bonds is 8. The number of para-hydroxylation sites is 1. The predicted molar refractivity (Wildman–Crippen MR) is 89.9 cm³/mol. The molecule has 0 heterocycles. The molecule has 4 nitrogen and oxygen atoms in total. The van der Waals surface area contributed by atoms with Crippen LogP contribution in [0.4, 0.5) is 5.69 Å². The molecule has 0 aliphatic heterocycles. The highest BCUT2D eigenvalue weighted by molar-refractivity contribution is 5.99. The third kappa shape index (κ3) is 5.76. The largest absolute Gasteiger partial charge is 0.385 e. The van der Waals surface area contributed by atoms with Crippen LogP contribution in [0.2, 0.25) is 0 Å². The fourth-order valence-electron chi connectivity index (χ4n) is 2.22. The second-order valence-corrected chi connectivity index (χ2v) is 6.02. The van der Waals surface area contributed by atoms with E-state index in [2.05, 4.69) is 24.1 Å². The molecule has 0 fully saturated rings. The van der Waals surface area contributed by atoms with Crippen LogP contribution in [0.5, 0.6) is 0 Å². The van der Waals surface area contributed by atoms with E-state index in [1.807, 2.05) is 50.2 Å². The van der Waals surface area contributed by atoms with E-state index < -0.39 is 0 Å². The molecule has 0 spiro atoms. The van der Waals surface area contributed by atoms with E-state index in [9.17, 15) is 4.79 Å². The van der Waals surface area contributed by atoms with Crippen molar-refractivity contribution in [3.05, 3.63) is 29.8 Å². The molecule has 0 radical (unpaired) electrons. The first-order chi connectivity index (χ1) is 9.95. The Morgan fingerprint density at radius 3 is 2.43 bits per heavy atom. The fourth-order valence-corrected chi connectivity index (χ4v) is 2.22. The van der Waals surface area contributed by atoms with Gasteiger partial charge in [-0.2, -0.15) is 0 Å². The first kappa shape index (κ1) is 17.5. The van der Waals surface area contributed by atoms with E-state index in [-0.39, 0.29) is 5.91 Å². The van der Waals surface area contributed by atoms with Crippen molar-refractivity contribution in [2.45, 2.75) is 20.8 Å². The second kappa shape index (κ2) is 8.67. The Hall–Kier alpha value is -1.55. The molecule has 1 aromatic rings. The van der Waals surface area contributed by atoms with Gasteiger partial charge < -0.3 is 15.1 Å². The first-order valence-corrected chi connectivity index (χ1v) is 7.72. The zero-order valence-corrected chi connectivity index (χ0v) is 14.0. The molecule has 4 heteroatoms. The van der Waals surface area contributed by atoms with Gasteiger partial charge >= 0.3 is 0 Å². The van der Waals surface area contributed by atoms with Crippen LogP contribution < -0.4 is 5.32 Å². The molecule has 0 aliphatic carbocycles. The zero-order valence-electron chi connectivity index (χ0n) is 14.0. The van der Waals surface area contributed by atoms with Crippen LogP contribution in [0.25, 0.3) is 0 Å². The predicted octanol–water partition coefficient (Wildman–Crippen LogP) is 2.78. The lowest BCUT2D eigenvalue weighted by Crippen LogP contribution is -2.39.